The van der Waals surface area contributed by atoms with E-state index in [9.17, 15) is 4.79 Å². The van der Waals surface area contributed by atoms with E-state index in [2.05, 4.69) is 35.3 Å². The van der Waals surface area contributed by atoms with E-state index < -0.39 is 0 Å². The zero-order chi connectivity index (χ0) is 22.5. The Morgan fingerprint density at radius 2 is 1.67 bits per heavy atom. The summed E-state index contributed by atoms with van der Waals surface area (Å²) >= 11 is 0. The summed E-state index contributed by atoms with van der Waals surface area (Å²) in [5.41, 5.74) is 1.89. The van der Waals surface area contributed by atoms with E-state index in [1.807, 2.05) is 48.5 Å². The molecule has 170 valence electrons. The monoisotopic (exact) mass is 443 g/mol. The van der Waals surface area contributed by atoms with Crippen molar-refractivity contribution in [1.82, 2.24) is 20.2 Å². The third kappa shape index (κ3) is 5.10. The number of nitrogens with zero attached hydrogens (tertiary/aromatic N) is 6. The number of aromatic nitrogens is 4. The number of rotatable bonds is 5. The van der Waals surface area contributed by atoms with Crippen molar-refractivity contribution >= 4 is 23.4 Å². The Kier molecular flexibility index (Phi) is 6.41. The Labute approximate surface area is 194 Å². The molecule has 2 saturated heterocycles. The standard InChI is InChI=1S/C25H29N7O/c33-25(28-22-16-24(27-18-26-22)31-13-5-2-6-14-31)20-10-7-15-32(17-20)23-12-11-21(29-30-23)19-8-3-1-4-9-19/h1,3-4,8-9,11-12,16,18,20H,2,5-7,10,13-15,17H2,(H,26,27,28,33). The number of carbonyl (C=O) groups is 1. The number of benzene rings is 1. The molecule has 8 nitrogen and oxygen atoms in total. The van der Waals surface area contributed by atoms with Crippen LogP contribution in [0.3, 0.4) is 0 Å². The minimum Gasteiger partial charge on any atom is -0.356 e. The van der Waals surface area contributed by atoms with Crippen LogP contribution in [-0.4, -0.2) is 52.3 Å². The highest BCUT2D eigenvalue weighted by Gasteiger charge is 2.27. The first-order chi connectivity index (χ1) is 16.3. The van der Waals surface area contributed by atoms with Gasteiger partial charge in [0.1, 0.15) is 18.0 Å². The van der Waals surface area contributed by atoms with Crippen molar-refractivity contribution < 1.29 is 4.79 Å². The maximum atomic E-state index is 13.0. The van der Waals surface area contributed by atoms with E-state index in [1.54, 1.807) is 0 Å². The molecule has 0 bridgehead atoms. The maximum Gasteiger partial charge on any atom is 0.230 e. The normalized spacial score (nSPS) is 18.7. The summed E-state index contributed by atoms with van der Waals surface area (Å²) < 4.78 is 0. The summed E-state index contributed by atoms with van der Waals surface area (Å²) in [7, 11) is 0. The molecule has 1 unspecified atom stereocenters. The van der Waals surface area contributed by atoms with E-state index >= 15 is 0 Å². The molecule has 33 heavy (non-hydrogen) atoms. The van der Waals surface area contributed by atoms with Crippen LogP contribution in [0.1, 0.15) is 32.1 Å². The van der Waals surface area contributed by atoms with Crippen LogP contribution >= 0.6 is 0 Å². The Bertz CT molecular complexity index is 1070. The van der Waals surface area contributed by atoms with Crippen molar-refractivity contribution in [1.29, 1.82) is 0 Å². The predicted octanol–water partition coefficient (Wildman–Crippen LogP) is 3.78. The lowest BCUT2D eigenvalue weighted by atomic mass is 9.97. The minimum atomic E-state index is -0.122. The third-order valence-corrected chi connectivity index (χ3v) is 6.42. The molecule has 2 aromatic heterocycles. The number of amides is 1. The van der Waals surface area contributed by atoms with Crippen molar-refractivity contribution in [3.05, 3.63) is 54.9 Å². The molecule has 1 amide bonds. The van der Waals surface area contributed by atoms with Crippen LogP contribution in [0.5, 0.6) is 0 Å². The quantitative estimate of drug-likeness (QED) is 0.642. The average Bonchev–Trinajstić information content (AvgIpc) is 2.90. The lowest BCUT2D eigenvalue weighted by Gasteiger charge is -2.32. The molecule has 1 atom stereocenters. The zero-order valence-electron chi connectivity index (χ0n) is 18.7. The van der Waals surface area contributed by atoms with E-state index in [0.29, 0.717) is 12.4 Å². The Morgan fingerprint density at radius 1 is 0.848 bits per heavy atom. The zero-order valence-corrected chi connectivity index (χ0v) is 18.7. The Hall–Kier alpha value is -3.55. The van der Waals surface area contributed by atoms with Crippen LogP contribution in [0.15, 0.2) is 54.9 Å². The number of nitrogens with one attached hydrogen (secondary N) is 1. The second kappa shape index (κ2) is 9.94. The molecule has 8 heteroatoms. The van der Waals surface area contributed by atoms with Gasteiger partial charge in [-0.1, -0.05) is 30.3 Å². The average molecular weight is 444 g/mol. The number of hydrogen-bond acceptors (Lipinski definition) is 7. The summed E-state index contributed by atoms with van der Waals surface area (Å²) in [5, 5.41) is 11.9. The van der Waals surface area contributed by atoms with Gasteiger partial charge in [-0.3, -0.25) is 4.79 Å². The second-order valence-corrected chi connectivity index (χ2v) is 8.73. The van der Waals surface area contributed by atoms with Gasteiger partial charge in [-0.2, -0.15) is 0 Å². The fraction of sp³-hybridized carbons (Fsp3) is 0.400. The van der Waals surface area contributed by atoms with Crippen LogP contribution in [-0.2, 0) is 4.79 Å². The predicted molar refractivity (Wildman–Crippen MR) is 129 cm³/mol. The molecule has 2 aliphatic heterocycles. The van der Waals surface area contributed by atoms with Gasteiger partial charge in [0.05, 0.1) is 11.6 Å². The van der Waals surface area contributed by atoms with Gasteiger partial charge in [-0.25, -0.2) is 9.97 Å². The molecule has 0 aliphatic carbocycles. The highest BCUT2D eigenvalue weighted by Crippen LogP contribution is 2.25. The van der Waals surface area contributed by atoms with Crippen LogP contribution in [0, 0.1) is 5.92 Å². The summed E-state index contributed by atoms with van der Waals surface area (Å²) in [4.78, 5) is 26.1. The minimum absolute atomic E-state index is 0.00291. The van der Waals surface area contributed by atoms with Crippen LogP contribution < -0.4 is 15.1 Å². The molecule has 3 aromatic rings. The third-order valence-electron chi connectivity index (χ3n) is 6.42. The number of carbonyl (C=O) groups excluding carboxylic acids is 1. The Balaban J connectivity index is 1.22. The van der Waals surface area contributed by atoms with Gasteiger partial charge >= 0.3 is 0 Å². The lowest BCUT2D eigenvalue weighted by Crippen LogP contribution is -2.41. The van der Waals surface area contributed by atoms with Crippen molar-refractivity contribution in [3.8, 4) is 11.3 Å². The van der Waals surface area contributed by atoms with E-state index in [-0.39, 0.29) is 11.8 Å². The maximum absolute atomic E-state index is 13.0. The summed E-state index contributed by atoms with van der Waals surface area (Å²) in [6, 6.07) is 15.9. The van der Waals surface area contributed by atoms with Gasteiger partial charge in [0.25, 0.3) is 0 Å². The first-order valence-corrected chi connectivity index (χ1v) is 11.8. The second-order valence-electron chi connectivity index (χ2n) is 8.73. The molecule has 4 heterocycles. The smallest absolute Gasteiger partial charge is 0.230 e. The van der Waals surface area contributed by atoms with E-state index in [4.69, 9.17) is 0 Å². The first-order valence-electron chi connectivity index (χ1n) is 11.8. The van der Waals surface area contributed by atoms with Crippen molar-refractivity contribution in [2.75, 3.05) is 41.3 Å². The fourth-order valence-electron chi connectivity index (χ4n) is 4.60. The van der Waals surface area contributed by atoms with Crippen LogP contribution in [0.4, 0.5) is 17.5 Å². The summed E-state index contributed by atoms with van der Waals surface area (Å²) in [6.45, 7) is 3.50. The van der Waals surface area contributed by atoms with Gasteiger partial charge in [-0.15, -0.1) is 10.2 Å². The largest absolute Gasteiger partial charge is 0.356 e. The Morgan fingerprint density at radius 3 is 2.45 bits per heavy atom. The topological polar surface area (TPSA) is 87.1 Å². The summed E-state index contributed by atoms with van der Waals surface area (Å²) in [5.74, 6) is 2.14. The van der Waals surface area contributed by atoms with E-state index in [1.165, 1.54) is 25.6 Å². The summed E-state index contributed by atoms with van der Waals surface area (Å²) in [6.07, 6.45) is 6.95. The molecule has 0 radical (unpaired) electrons. The van der Waals surface area contributed by atoms with Gasteiger partial charge in [0.15, 0.2) is 5.82 Å². The van der Waals surface area contributed by atoms with Crippen molar-refractivity contribution in [3.63, 3.8) is 0 Å². The molecule has 5 rings (SSSR count). The number of piperidine rings is 2. The van der Waals surface area contributed by atoms with Crippen molar-refractivity contribution in [2.45, 2.75) is 32.1 Å². The molecule has 2 fully saturated rings. The van der Waals surface area contributed by atoms with Crippen molar-refractivity contribution in [2.24, 2.45) is 5.92 Å². The molecular weight excluding hydrogens is 414 g/mol. The van der Waals surface area contributed by atoms with Gasteiger partial charge in [0.2, 0.25) is 5.91 Å². The lowest BCUT2D eigenvalue weighted by molar-refractivity contribution is -0.120. The molecule has 0 saturated carbocycles. The fourth-order valence-corrected chi connectivity index (χ4v) is 4.60. The highest BCUT2D eigenvalue weighted by molar-refractivity contribution is 5.92. The molecule has 0 spiro atoms. The molecule has 1 N–H and O–H groups in total. The van der Waals surface area contributed by atoms with Gasteiger partial charge in [-0.05, 0) is 44.2 Å². The highest BCUT2D eigenvalue weighted by atomic mass is 16.2. The van der Waals surface area contributed by atoms with E-state index in [0.717, 1.165) is 55.4 Å². The number of anilines is 3. The van der Waals surface area contributed by atoms with Crippen LogP contribution in [0.25, 0.3) is 11.3 Å². The first kappa shape index (κ1) is 21.3. The van der Waals surface area contributed by atoms with Crippen LogP contribution in [0.2, 0.25) is 0 Å². The molecular formula is C25H29N7O. The molecule has 2 aliphatic rings. The van der Waals surface area contributed by atoms with Gasteiger partial charge < -0.3 is 15.1 Å². The van der Waals surface area contributed by atoms with Gasteiger partial charge in [0, 0.05) is 37.8 Å². The number of hydrogen-bond donors (Lipinski definition) is 1. The molecule has 1 aromatic carbocycles. The SMILES string of the molecule is O=C(Nc1cc(N2CCCCC2)ncn1)C1CCCN(c2ccc(-c3ccccc3)nn2)C1.